The van der Waals surface area contributed by atoms with Crippen LogP contribution in [0.3, 0.4) is 0 Å². The molecule has 4 atom stereocenters. The van der Waals surface area contributed by atoms with E-state index in [1.165, 1.54) is 30.1 Å². The van der Waals surface area contributed by atoms with Crippen LogP contribution in [0.25, 0.3) is 0 Å². The predicted molar refractivity (Wildman–Crippen MR) is 69.5 cm³/mol. The molecular weight excluding hydrogens is 284 g/mol. The van der Waals surface area contributed by atoms with E-state index in [9.17, 15) is 25.4 Å². The number of nitro groups is 1. The predicted octanol–water partition coefficient (Wildman–Crippen LogP) is -0.802. The number of aliphatic hydroxyl groups excluding tert-OH is 3. The molecule has 0 spiro atoms. The number of hydrogen-bond donors (Lipinski definition) is 3. The number of hydrogen-bond acceptors (Lipinski definition) is 7. The SMILES string of the molecule is COCCC1(n2ccc([N+](=O)[O-])c2)O[C@H](CO)[C@@H](O)[C@H]1O. The number of methoxy groups -OCH3 is 1. The summed E-state index contributed by atoms with van der Waals surface area (Å²) in [6.07, 6.45) is -0.859. The van der Waals surface area contributed by atoms with E-state index in [0.717, 1.165) is 0 Å². The van der Waals surface area contributed by atoms with Crippen molar-refractivity contribution in [2.45, 2.75) is 30.5 Å². The van der Waals surface area contributed by atoms with E-state index in [-0.39, 0.29) is 18.7 Å². The van der Waals surface area contributed by atoms with Crippen LogP contribution in [0, 0.1) is 10.1 Å². The van der Waals surface area contributed by atoms with Crippen LogP contribution in [0.4, 0.5) is 5.69 Å². The average molecular weight is 302 g/mol. The lowest BCUT2D eigenvalue weighted by Crippen LogP contribution is -2.46. The Kier molecular flexibility index (Phi) is 4.59. The standard InChI is InChI=1S/C12H18N2O7/c1-20-5-3-12(11(17)10(16)9(7-15)21-12)13-4-2-8(6-13)14(18)19/h2,4,6,9-11,15-17H,3,5,7H2,1H3/t9-,10-,11-,12?/m1/s1. The van der Waals surface area contributed by atoms with Crippen LogP contribution in [0.15, 0.2) is 18.5 Å². The zero-order valence-corrected chi connectivity index (χ0v) is 11.5. The van der Waals surface area contributed by atoms with Crippen LogP contribution in [0.1, 0.15) is 6.42 Å². The van der Waals surface area contributed by atoms with Crippen molar-refractivity contribution in [1.29, 1.82) is 0 Å². The van der Waals surface area contributed by atoms with Crippen molar-refractivity contribution in [3.8, 4) is 0 Å². The van der Waals surface area contributed by atoms with Gasteiger partial charge in [-0.2, -0.15) is 0 Å². The second-order valence-corrected chi connectivity index (χ2v) is 4.90. The van der Waals surface area contributed by atoms with Gasteiger partial charge in [0, 0.05) is 25.8 Å². The first-order chi connectivity index (χ1) is 9.96. The molecule has 0 aromatic carbocycles. The minimum Gasteiger partial charge on any atom is -0.394 e. The van der Waals surface area contributed by atoms with Crippen molar-refractivity contribution in [2.75, 3.05) is 20.3 Å². The smallest absolute Gasteiger partial charge is 0.286 e. The second-order valence-electron chi connectivity index (χ2n) is 4.90. The molecule has 3 N–H and O–H groups in total. The van der Waals surface area contributed by atoms with Crippen molar-refractivity contribution in [3.63, 3.8) is 0 Å². The Labute approximate surface area is 120 Å². The van der Waals surface area contributed by atoms with Gasteiger partial charge in [0.05, 0.1) is 24.3 Å². The van der Waals surface area contributed by atoms with Gasteiger partial charge in [0.1, 0.15) is 18.3 Å². The zero-order valence-electron chi connectivity index (χ0n) is 11.5. The topological polar surface area (TPSA) is 127 Å². The fourth-order valence-electron chi connectivity index (χ4n) is 2.54. The molecule has 1 aromatic rings. The summed E-state index contributed by atoms with van der Waals surface area (Å²) in [5, 5.41) is 40.2. The molecule has 1 aliphatic heterocycles. The first-order valence-corrected chi connectivity index (χ1v) is 6.43. The van der Waals surface area contributed by atoms with E-state index in [4.69, 9.17) is 9.47 Å². The largest absolute Gasteiger partial charge is 0.394 e. The minimum atomic E-state index is -1.42. The number of aromatic nitrogens is 1. The average Bonchev–Trinajstić information content (AvgIpc) is 3.04. The van der Waals surface area contributed by atoms with Gasteiger partial charge < -0.3 is 29.4 Å². The van der Waals surface area contributed by atoms with E-state index in [2.05, 4.69) is 0 Å². The first kappa shape index (κ1) is 15.9. The van der Waals surface area contributed by atoms with E-state index < -0.39 is 35.6 Å². The highest BCUT2D eigenvalue weighted by atomic mass is 16.6. The third-order valence-electron chi connectivity index (χ3n) is 3.69. The Morgan fingerprint density at radius 2 is 2.29 bits per heavy atom. The summed E-state index contributed by atoms with van der Waals surface area (Å²) in [5.41, 5.74) is -1.58. The number of aliphatic hydroxyl groups is 3. The third-order valence-corrected chi connectivity index (χ3v) is 3.69. The second kappa shape index (κ2) is 6.08. The molecule has 118 valence electrons. The highest BCUT2D eigenvalue weighted by molar-refractivity contribution is 5.27. The Morgan fingerprint density at radius 3 is 2.76 bits per heavy atom. The van der Waals surface area contributed by atoms with E-state index in [1.807, 2.05) is 0 Å². The maximum atomic E-state index is 10.8. The molecule has 0 aliphatic carbocycles. The summed E-state index contributed by atoms with van der Waals surface area (Å²) in [6, 6.07) is 1.27. The Morgan fingerprint density at radius 1 is 1.57 bits per heavy atom. The summed E-state index contributed by atoms with van der Waals surface area (Å²) in [5.74, 6) is 0. The van der Waals surface area contributed by atoms with Crippen LogP contribution in [0.5, 0.6) is 0 Å². The Balaban J connectivity index is 2.39. The molecule has 0 bridgehead atoms. The van der Waals surface area contributed by atoms with Gasteiger partial charge in [-0.1, -0.05) is 0 Å². The number of rotatable bonds is 6. The van der Waals surface area contributed by atoms with Gasteiger partial charge in [-0.25, -0.2) is 0 Å². The molecule has 0 saturated carbocycles. The van der Waals surface area contributed by atoms with Crippen LogP contribution in [-0.4, -0.2) is 63.4 Å². The minimum absolute atomic E-state index is 0.157. The number of nitrogens with zero attached hydrogens (tertiary/aromatic N) is 2. The Hall–Kier alpha value is -1.52. The number of ether oxygens (including phenoxy) is 2. The van der Waals surface area contributed by atoms with Gasteiger partial charge in [-0.3, -0.25) is 10.1 Å². The van der Waals surface area contributed by atoms with Crippen LogP contribution in [-0.2, 0) is 15.2 Å². The zero-order chi connectivity index (χ0) is 15.6. The summed E-state index contributed by atoms with van der Waals surface area (Å²) in [7, 11) is 1.47. The maximum absolute atomic E-state index is 10.8. The van der Waals surface area contributed by atoms with E-state index >= 15 is 0 Å². The van der Waals surface area contributed by atoms with Crippen molar-refractivity contribution >= 4 is 5.69 Å². The molecule has 1 fully saturated rings. The monoisotopic (exact) mass is 302 g/mol. The maximum Gasteiger partial charge on any atom is 0.286 e. The van der Waals surface area contributed by atoms with Crippen molar-refractivity contribution in [3.05, 3.63) is 28.6 Å². The quantitative estimate of drug-likeness (QED) is 0.463. The van der Waals surface area contributed by atoms with Gasteiger partial charge in [-0.15, -0.1) is 0 Å². The lowest BCUT2D eigenvalue weighted by molar-refractivity contribution is -0.385. The van der Waals surface area contributed by atoms with Crippen LogP contribution in [0.2, 0.25) is 0 Å². The van der Waals surface area contributed by atoms with Gasteiger partial charge >= 0.3 is 0 Å². The fraction of sp³-hybridized carbons (Fsp3) is 0.667. The summed E-state index contributed by atoms with van der Waals surface area (Å²) >= 11 is 0. The molecule has 1 unspecified atom stereocenters. The normalized spacial score (nSPS) is 32.5. The van der Waals surface area contributed by atoms with Gasteiger partial charge in [0.15, 0.2) is 5.72 Å². The molecule has 2 heterocycles. The molecule has 9 heteroatoms. The summed E-state index contributed by atoms with van der Waals surface area (Å²) in [6.45, 7) is -0.274. The molecule has 9 nitrogen and oxygen atoms in total. The van der Waals surface area contributed by atoms with Crippen LogP contribution >= 0.6 is 0 Å². The van der Waals surface area contributed by atoms with Crippen molar-refractivity contribution in [2.24, 2.45) is 0 Å². The van der Waals surface area contributed by atoms with Gasteiger partial charge in [0.2, 0.25) is 0 Å². The molecule has 1 aliphatic rings. The summed E-state index contributed by atoms with van der Waals surface area (Å²) in [4.78, 5) is 10.2. The lowest BCUT2D eigenvalue weighted by Gasteiger charge is -2.33. The molecule has 1 aromatic heterocycles. The summed E-state index contributed by atoms with van der Waals surface area (Å²) < 4.78 is 11.9. The fourth-order valence-corrected chi connectivity index (χ4v) is 2.54. The van der Waals surface area contributed by atoms with E-state index in [0.29, 0.717) is 0 Å². The molecule has 2 rings (SSSR count). The van der Waals surface area contributed by atoms with Crippen LogP contribution < -0.4 is 0 Å². The van der Waals surface area contributed by atoms with Crippen molar-refractivity contribution in [1.82, 2.24) is 4.57 Å². The molecule has 1 saturated heterocycles. The third kappa shape index (κ3) is 2.65. The lowest BCUT2D eigenvalue weighted by atomic mass is 9.99. The van der Waals surface area contributed by atoms with E-state index in [1.54, 1.807) is 0 Å². The van der Waals surface area contributed by atoms with Gasteiger partial charge in [0.25, 0.3) is 5.69 Å². The first-order valence-electron chi connectivity index (χ1n) is 6.43. The van der Waals surface area contributed by atoms with Crippen molar-refractivity contribution < 1.29 is 29.7 Å². The highest BCUT2D eigenvalue weighted by Gasteiger charge is 2.55. The molecule has 0 amide bonds. The Bertz CT molecular complexity index is 506. The highest BCUT2D eigenvalue weighted by Crippen LogP contribution is 2.39. The molecule has 21 heavy (non-hydrogen) atoms. The molecular formula is C12H18N2O7. The van der Waals surface area contributed by atoms with Gasteiger partial charge in [-0.05, 0) is 0 Å². The molecule has 0 radical (unpaired) electrons.